The standard InChI is InChI=1S/C10H7BrClN3O2/c1-15-8(9(11)13-14-15)6-3-2-5(12)4-7(6)10(16)17/h2-4H,1H3,(H,16,17). The molecule has 0 atom stereocenters. The Labute approximate surface area is 110 Å². The molecule has 1 heterocycles. The number of aromatic carboxylic acids is 1. The van der Waals surface area contributed by atoms with Crippen molar-refractivity contribution in [2.45, 2.75) is 0 Å². The molecular weight excluding hydrogens is 309 g/mol. The lowest BCUT2D eigenvalue weighted by atomic mass is 10.1. The third-order valence-electron chi connectivity index (χ3n) is 2.25. The predicted octanol–water partition coefficient (Wildman–Crippen LogP) is 2.60. The van der Waals surface area contributed by atoms with Crippen LogP contribution in [0.1, 0.15) is 10.4 Å². The third kappa shape index (κ3) is 2.18. The first-order chi connectivity index (χ1) is 8.00. The van der Waals surface area contributed by atoms with E-state index in [4.69, 9.17) is 16.7 Å². The van der Waals surface area contributed by atoms with Crippen LogP contribution in [0.15, 0.2) is 22.8 Å². The van der Waals surface area contributed by atoms with Crippen molar-refractivity contribution in [1.82, 2.24) is 15.0 Å². The number of rotatable bonds is 2. The van der Waals surface area contributed by atoms with Crippen LogP contribution in [0.4, 0.5) is 0 Å². The largest absolute Gasteiger partial charge is 0.478 e. The van der Waals surface area contributed by atoms with Gasteiger partial charge in [0.1, 0.15) is 5.69 Å². The molecule has 0 aliphatic heterocycles. The zero-order chi connectivity index (χ0) is 12.6. The average Bonchev–Trinajstić information content (AvgIpc) is 2.59. The molecule has 7 heteroatoms. The van der Waals surface area contributed by atoms with Gasteiger partial charge in [-0.2, -0.15) is 0 Å². The molecule has 88 valence electrons. The molecule has 2 rings (SSSR count). The van der Waals surface area contributed by atoms with E-state index in [-0.39, 0.29) is 5.56 Å². The van der Waals surface area contributed by atoms with Crippen LogP contribution in [0.3, 0.4) is 0 Å². The molecule has 1 aromatic carbocycles. The molecular formula is C10H7BrClN3O2. The Balaban J connectivity index is 2.71. The fraction of sp³-hybridized carbons (Fsp3) is 0.100. The lowest BCUT2D eigenvalue weighted by Gasteiger charge is -2.06. The second-order valence-electron chi connectivity index (χ2n) is 3.35. The maximum atomic E-state index is 11.2. The zero-order valence-corrected chi connectivity index (χ0v) is 11.0. The van der Waals surface area contributed by atoms with E-state index in [1.165, 1.54) is 10.7 Å². The average molecular weight is 317 g/mol. The Morgan fingerprint density at radius 3 is 2.76 bits per heavy atom. The molecule has 0 amide bonds. The van der Waals surface area contributed by atoms with Gasteiger partial charge in [-0.25, -0.2) is 9.48 Å². The summed E-state index contributed by atoms with van der Waals surface area (Å²) in [5.41, 5.74) is 1.23. The number of hydrogen-bond acceptors (Lipinski definition) is 3. The van der Waals surface area contributed by atoms with Gasteiger partial charge in [-0.15, -0.1) is 5.10 Å². The minimum Gasteiger partial charge on any atom is -0.478 e. The van der Waals surface area contributed by atoms with Gasteiger partial charge < -0.3 is 5.11 Å². The summed E-state index contributed by atoms with van der Waals surface area (Å²) in [6.07, 6.45) is 0. The maximum absolute atomic E-state index is 11.2. The zero-order valence-electron chi connectivity index (χ0n) is 8.69. The van der Waals surface area contributed by atoms with Crippen molar-refractivity contribution in [3.63, 3.8) is 0 Å². The van der Waals surface area contributed by atoms with Crippen molar-refractivity contribution in [3.8, 4) is 11.3 Å². The second-order valence-corrected chi connectivity index (χ2v) is 4.54. The topological polar surface area (TPSA) is 68.0 Å². The van der Waals surface area contributed by atoms with Gasteiger partial charge >= 0.3 is 5.97 Å². The van der Waals surface area contributed by atoms with E-state index in [9.17, 15) is 4.79 Å². The number of carboxylic acids is 1. The molecule has 1 aromatic heterocycles. The van der Waals surface area contributed by atoms with Crippen molar-refractivity contribution in [1.29, 1.82) is 0 Å². The van der Waals surface area contributed by atoms with Gasteiger partial charge in [0.05, 0.1) is 5.56 Å². The number of hydrogen-bond donors (Lipinski definition) is 1. The summed E-state index contributed by atoms with van der Waals surface area (Å²) in [5.74, 6) is -1.05. The molecule has 0 radical (unpaired) electrons. The normalized spacial score (nSPS) is 10.5. The van der Waals surface area contributed by atoms with E-state index in [1.54, 1.807) is 19.2 Å². The first-order valence-electron chi connectivity index (χ1n) is 4.59. The lowest BCUT2D eigenvalue weighted by molar-refractivity contribution is 0.0697. The number of benzene rings is 1. The molecule has 0 saturated carbocycles. The highest BCUT2D eigenvalue weighted by Gasteiger charge is 2.18. The highest BCUT2D eigenvalue weighted by atomic mass is 79.9. The van der Waals surface area contributed by atoms with Crippen molar-refractivity contribution in [2.24, 2.45) is 7.05 Å². The lowest BCUT2D eigenvalue weighted by Crippen LogP contribution is -2.03. The molecule has 0 fully saturated rings. The number of carboxylic acid groups (broad SMARTS) is 1. The Bertz CT molecular complexity index is 578. The molecule has 1 N–H and O–H groups in total. The summed E-state index contributed by atoms with van der Waals surface area (Å²) in [7, 11) is 1.69. The minimum atomic E-state index is -1.05. The van der Waals surface area contributed by atoms with Gasteiger partial charge in [-0.3, -0.25) is 0 Å². The number of halogens is 2. The van der Waals surface area contributed by atoms with Crippen LogP contribution in [0.2, 0.25) is 5.02 Å². The minimum absolute atomic E-state index is 0.114. The maximum Gasteiger partial charge on any atom is 0.336 e. The van der Waals surface area contributed by atoms with Crippen LogP contribution in [0.5, 0.6) is 0 Å². The first kappa shape index (κ1) is 12.1. The predicted molar refractivity (Wildman–Crippen MR) is 66.1 cm³/mol. The first-order valence-corrected chi connectivity index (χ1v) is 5.76. The molecule has 0 spiro atoms. The van der Waals surface area contributed by atoms with Gasteiger partial charge in [0, 0.05) is 17.6 Å². The van der Waals surface area contributed by atoms with Gasteiger partial charge in [-0.05, 0) is 28.1 Å². The van der Waals surface area contributed by atoms with Crippen LogP contribution >= 0.6 is 27.5 Å². The molecule has 2 aromatic rings. The van der Waals surface area contributed by atoms with E-state index < -0.39 is 5.97 Å². The molecule has 0 aliphatic carbocycles. The van der Waals surface area contributed by atoms with Crippen molar-refractivity contribution < 1.29 is 9.90 Å². The van der Waals surface area contributed by atoms with Crippen molar-refractivity contribution in [3.05, 3.63) is 33.4 Å². The van der Waals surface area contributed by atoms with Gasteiger partial charge in [-0.1, -0.05) is 22.9 Å². The van der Waals surface area contributed by atoms with Gasteiger partial charge in [0.2, 0.25) is 0 Å². The molecule has 0 aliphatic rings. The Kier molecular flexibility index (Phi) is 3.17. The number of carbonyl (C=O) groups is 1. The second kappa shape index (κ2) is 4.46. The van der Waals surface area contributed by atoms with E-state index in [1.807, 2.05) is 0 Å². The molecule has 5 nitrogen and oxygen atoms in total. The third-order valence-corrected chi connectivity index (χ3v) is 3.02. The van der Waals surface area contributed by atoms with Crippen LogP contribution in [-0.4, -0.2) is 26.1 Å². The van der Waals surface area contributed by atoms with E-state index in [0.717, 1.165) is 0 Å². The van der Waals surface area contributed by atoms with Crippen LogP contribution < -0.4 is 0 Å². The summed E-state index contributed by atoms with van der Waals surface area (Å²) < 4.78 is 1.99. The fourth-order valence-electron chi connectivity index (χ4n) is 1.52. The highest BCUT2D eigenvalue weighted by molar-refractivity contribution is 9.10. The summed E-state index contributed by atoms with van der Waals surface area (Å²) in [6, 6.07) is 4.66. The Hall–Kier alpha value is -1.40. The quantitative estimate of drug-likeness (QED) is 0.924. The summed E-state index contributed by atoms with van der Waals surface area (Å²) in [4.78, 5) is 11.2. The van der Waals surface area contributed by atoms with E-state index in [0.29, 0.717) is 20.9 Å². The Morgan fingerprint density at radius 1 is 1.53 bits per heavy atom. The molecule has 0 unspecified atom stereocenters. The summed E-state index contributed by atoms with van der Waals surface area (Å²) >= 11 is 9.02. The van der Waals surface area contributed by atoms with E-state index >= 15 is 0 Å². The molecule has 17 heavy (non-hydrogen) atoms. The van der Waals surface area contributed by atoms with Crippen molar-refractivity contribution in [2.75, 3.05) is 0 Å². The number of aromatic nitrogens is 3. The van der Waals surface area contributed by atoms with Gasteiger partial charge in [0.25, 0.3) is 0 Å². The number of aryl methyl sites for hydroxylation is 1. The molecule has 0 bridgehead atoms. The highest BCUT2D eigenvalue weighted by Crippen LogP contribution is 2.30. The SMILES string of the molecule is Cn1nnc(Br)c1-c1ccc(Cl)cc1C(=O)O. The smallest absolute Gasteiger partial charge is 0.336 e. The molecule has 0 saturated heterocycles. The van der Waals surface area contributed by atoms with Crippen LogP contribution in [0, 0.1) is 0 Å². The van der Waals surface area contributed by atoms with Crippen molar-refractivity contribution >= 4 is 33.5 Å². The van der Waals surface area contributed by atoms with Crippen LogP contribution in [0.25, 0.3) is 11.3 Å². The number of nitrogens with zero attached hydrogens (tertiary/aromatic N) is 3. The van der Waals surface area contributed by atoms with Crippen LogP contribution in [-0.2, 0) is 7.05 Å². The monoisotopic (exact) mass is 315 g/mol. The van der Waals surface area contributed by atoms with Gasteiger partial charge in [0.15, 0.2) is 4.60 Å². The summed E-state index contributed by atoms with van der Waals surface area (Å²) in [6.45, 7) is 0. The Morgan fingerprint density at radius 2 is 2.24 bits per heavy atom. The fourth-order valence-corrected chi connectivity index (χ4v) is 2.23. The summed E-state index contributed by atoms with van der Waals surface area (Å²) in [5, 5.41) is 17.1. The van der Waals surface area contributed by atoms with E-state index in [2.05, 4.69) is 26.2 Å².